The number of hydrogen-bond acceptors (Lipinski definition) is 4. The number of aromatic nitrogens is 4. The van der Waals surface area contributed by atoms with Crippen molar-refractivity contribution in [1.82, 2.24) is 19.5 Å². The van der Waals surface area contributed by atoms with E-state index >= 15 is 0 Å². The normalized spacial score (nSPS) is 11.5. The molecule has 5 nitrogen and oxygen atoms in total. The Bertz CT molecular complexity index is 2750. The SMILES string of the molecule is CC(C)Cc1cc(-c2[c-]cccc2)nc[c]1[Ge]([CH3])([CH3])[CH3].Cc1ccc2c(c1)oc1c(-c3nc4ccccc4n3-c3ccc(-c4ccccc4)cc3)[c-]ncc12.[Ir]. The Hall–Kier alpha value is -5.14. The number of imidazole rings is 1. The maximum Gasteiger partial charge on any atom is 0.121 e. The summed E-state index contributed by atoms with van der Waals surface area (Å²) < 4.78 is 10.1. The molecule has 7 heteroatoms. The van der Waals surface area contributed by atoms with E-state index < -0.39 is 13.3 Å². The van der Waals surface area contributed by atoms with E-state index in [9.17, 15) is 0 Å². The summed E-state index contributed by atoms with van der Waals surface area (Å²) in [5.74, 6) is 8.75. The molecule has 0 saturated carbocycles. The Morgan fingerprint density at radius 2 is 1.50 bits per heavy atom. The minimum absolute atomic E-state index is 0. The van der Waals surface area contributed by atoms with Crippen LogP contribution in [0.4, 0.5) is 0 Å². The van der Waals surface area contributed by atoms with Crippen LogP contribution >= 0.6 is 0 Å². The van der Waals surface area contributed by atoms with Crippen LogP contribution in [-0.2, 0) is 26.5 Å². The Kier molecular flexibility index (Phi) is 11.5. The minimum atomic E-state index is -1.86. The van der Waals surface area contributed by atoms with Gasteiger partial charge >= 0.3 is 126 Å². The third-order valence-corrected chi connectivity index (χ3v) is 14.2. The monoisotopic (exact) mass is 971 g/mol. The molecule has 1 radical (unpaired) electrons. The first-order valence-corrected chi connectivity index (χ1v) is 26.3. The van der Waals surface area contributed by atoms with Gasteiger partial charge in [0.15, 0.2) is 0 Å². The summed E-state index contributed by atoms with van der Waals surface area (Å²) in [6.07, 6.45) is 8.28. The van der Waals surface area contributed by atoms with E-state index in [1.165, 1.54) is 16.7 Å². The third kappa shape index (κ3) is 8.06. The minimum Gasteiger partial charge on any atom is -0.500 e. The molecule has 0 N–H and O–H groups in total. The second-order valence-corrected chi connectivity index (χ2v) is 26.2. The zero-order valence-electron chi connectivity index (χ0n) is 32.6. The summed E-state index contributed by atoms with van der Waals surface area (Å²) in [7, 11) is 0. The summed E-state index contributed by atoms with van der Waals surface area (Å²) in [6, 6.07) is 47.0. The number of hydrogen-bond donors (Lipinski definition) is 0. The topological polar surface area (TPSA) is 56.7 Å². The summed E-state index contributed by atoms with van der Waals surface area (Å²) >= 11 is -1.86. The standard InChI is InChI=1S/C31H20N3O.C18H24GeN.Ir/c1-20-11-16-24-25-18-32-19-26(30(25)35-29(24)17-20)31-33-27-9-5-6-10-28(27)34(31)23-14-12-22(13-15-23)21-7-3-2-4-8-21;1-14(2)11-16-12-18(15-9-7-6-8-10-15)20-13-17(16)19(3,4)5;/h2-18H,1H3;6-9,12-14H,11H2,1-5H3;/q2*-1;. The average molecular weight is 970 g/mol. The fraction of sp³-hybridized carbons (Fsp3) is 0.163. The van der Waals surface area contributed by atoms with Gasteiger partial charge in [-0.25, -0.2) is 0 Å². The van der Waals surface area contributed by atoms with Gasteiger partial charge in [0.2, 0.25) is 0 Å². The quantitative estimate of drug-likeness (QED) is 0.118. The van der Waals surface area contributed by atoms with E-state index in [1.54, 1.807) is 4.40 Å². The molecule has 0 unspecified atom stereocenters. The van der Waals surface area contributed by atoms with Crippen molar-refractivity contribution in [1.29, 1.82) is 0 Å². The molecular weight excluding hydrogens is 925 g/mol. The molecular formula is C49H44GeIrN4O-2. The van der Waals surface area contributed by atoms with Crippen molar-refractivity contribution < 1.29 is 24.5 Å². The smallest absolute Gasteiger partial charge is 0.121 e. The van der Waals surface area contributed by atoms with Gasteiger partial charge in [-0.1, -0.05) is 66.7 Å². The maximum absolute atomic E-state index is 6.36. The molecule has 5 aromatic carbocycles. The summed E-state index contributed by atoms with van der Waals surface area (Å²) in [5, 5.41) is 2.01. The molecule has 0 saturated heterocycles. The van der Waals surface area contributed by atoms with Gasteiger partial charge in [-0.3, -0.25) is 4.98 Å². The summed E-state index contributed by atoms with van der Waals surface area (Å²) in [5.41, 5.74) is 12.4. The Labute approximate surface area is 345 Å². The number of para-hydroxylation sites is 2. The predicted octanol–water partition coefficient (Wildman–Crippen LogP) is 12.1. The number of furan rings is 1. The number of rotatable bonds is 7. The van der Waals surface area contributed by atoms with E-state index in [2.05, 4.69) is 151 Å². The van der Waals surface area contributed by atoms with Crippen molar-refractivity contribution >= 4 is 50.6 Å². The molecule has 281 valence electrons. The molecule has 0 aliphatic carbocycles. The van der Waals surface area contributed by atoms with Gasteiger partial charge in [0.1, 0.15) is 5.58 Å². The van der Waals surface area contributed by atoms with Crippen LogP contribution in [-0.4, -0.2) is 32.8 Å². The Balaban J connectivity index is 0.000000197. The summed E-state index contributed by atoms with van der Waals surface area (Å²) in [4.78, 5) is 14.2. The van der Waals surface area contributed by atoms with E-state index in [1.807, 2.05) is 48.7 Å². The number of benzene rings is 5. The van der Waals surface area contributed by atoms with Gasteiger partial charge in [-0.15, -0.1) is 0 Å². The zero-order valence-corrected chi connectivity index (χ0v) is 37.1. The molecule has 0 spiro atoms. The van der Waals surface area contributed by atoms with Crippen molar-refractivity contribution in [3.05, 3.63) is 163 Å². The van der Waals surface area contributed by atoms with Crippen LogP contribution in [0.1, 0.15) is 25.0 Å². The van der Waals surface area contributed by atoms with Crippen LogP contribution in [0.25, 0.3) is 72.4 Å². The molecule has 4 heterocycles. The molecule has 0 aliphatic rings. The van der Waals surface area contributed by atoms with Crippen LogP contribution < -0.4 is 4.40 Å². The van der Waals surface area contributed by atoms with Crippen LogP contribution in [0.15, 0.2) is 144 Å². The predicted molar refractivity (Wildman–Crippen MR) is 231 cm³/mol. The van der Waals surface area contributed by atoms with Gasteiger partial charge in [0.25, 0.3) is 0 Å². The molecule has 9 aromatic rings. The van der Waals surface area contributed by atoms with Gasteiger partial charge in [-0.2, -0.15) is 0 Å². The first-order chi connectivity index (χ1) is 26.6. The van der Waals surface area contributed by atoms with Gasteiger partial charge < -0.3 is 14.0 Å². The van der Waals surface area contributed by atoms with Crippen molar-refractivity contribution in [2.45, 2.75) is 44.5 Å². The molecule has 0 aliphatic heterocycles. The van der Waals surface area contributed by atoms with Crippen LogP contribution in [0.5, 0.6) is 0 Å². The van der Waals surface area contributed by atoms with Crippen LogP contribution in [0.3, 0.4) is 0 Å². The zero-order chi connectivity index (χ0) is 38.1. The molecule has 4 aromatic heterocycles. The molecule has 9 rings (SSSR count). The number of fused-ring (bicyclic) bond motifs is 4. The second kappa shape index (κ2) is 16.5. The van der Waals surface area contributed by atoms with Crippen molar-refractivity contribution in [2.75, 3.05) is 0 Å². The molecule has 0 amide bonds. The fourth-order valence-electron chi connectivity index (χ4n) is 7.27. The number of pyridine rings is 2. The van der Waals surface area contributed by atoms with E-state index in [-0.39, 0.29) is 20.1 Å². The van der Waals surface area contributed by atoms with Gasteiger partial charge in [0, 0.05) is 31.2 Å². The van der Waals surface area contributed by atoms with Crippen LogP contribution in [0, 0.1) is 25.1 Å². The summed E-state index contributed by atoms with van der Waals surface area (Å²) in [6.45, 7) is 6.64. The van der Waals surface area contributed by atoms with Gasteiger partial charge in [-0.05, 0) is 77.3 Å². The van der Waals surface area contributed by atoms with Crippen LogP contribution in [0.2, 0.25) is 17.3 Å². The van der Waals surface area contributed by atoms with Gasteiger partial charge in [0.05, 0.1) is 22.4 Å². The maximum atomic E-state index is 6.36. The van der Waals surface area contributed by atoms with Crippen molar-refractivity contribution in [2.24, 2.45) is 5.92 Å². The number of nitrogens with zero attached hydrogens (tertiary/aromatic N) is 4. The fourth-order valence-corrected chi connectivity index (χ4v) is 10.6. The van der Waals surface area contributed by atoms with E-state index in [4.69, 9.17) is 14.4 Å². The van der Waals surface area contributed by atoms with Crippen molar-refractivity contribution in [3.63, 3.8) is 0 Å². The Morgan fingerprint density at radius 1 is 0.768 bits per heavy atom. The van der Waals surface area contributed by atoms with Crippen molar-refractivity contribution in [3.8, 4) is 39.5 Å². The first-order valence-electron chi connectivity index (χ1n) is 18.9. The largest absolute Gasteiger partial charge is 0.500 e. The molecule has 56 heavy (non-hydrogen) atoms. The molecule has 0 bridgehead atoms. The average Bonchev–Trinajstić information content (AvgIpc) is 3.76. The van der Waals surface area contributed by atoms with E-state index in [0.29, 0.717) is 5.92 Å². The molecule has 0 atom stereocenters. The number of aryl methyl sites for hydroxylation is 1. The molecule has 0 fully saturated rings. The van der Waals surface area contributed by atoms with E-state index in [0.717, 1.165) is 73.3 Å². The third-order valence-electron chi connectivity index (χ3n) is 9.91. The first kappa shape index (κ1) is 39.1. The Morgan fingerprint density at radius 3 is 2.23 bits per heavy atom. The second-order valence-electron chi connectivity index (χ2n) is 15.6.